The number of anilines is 1. The summed E-state index contributed by atoms with van der Waals surface area (Å²) in [5, 5.41) is 18.2. The Kier molecular flexibility index (Phi) is 8.37. The Labute approximate surface area is 218 Å². The summed E-state index contributed by atoms with van der Waals surface area (Å²) in [6.07, 6.45) is -4.67. The van der Waals surface area contributed by atoms with Crippen LogP contribution in [-0.2, 0) is 20.6 Å². The number of amides is 2. The van der Waals surface area contributed by atoms with Crippen LogP contribution in [0.2, 0.25) is 0 Å². The standard InChI is InChI=1S/C28H25F3N4O3/c1-4-34(14-6-13-32)26(37)25-24(20-11-9-19(16-33)10-12-20)23(18(3)36)17(2)35(27(25)38)22-8-5-7-21(15-22)28(29,30)31/h5,7-12,15,24-25H,4,6,14H2,1-3H3. The lowest BCUT2D eigenvalue weighted by Gasteiger charge is -2.41. The second-order valence-electron chi connectivity index (χ2n) is 8.79. The first-order chi connectivity index (χ1) is 18.0. The molecule has 0 fully saturated rings. The van der Waals surface area contributed by atoms with Crippen LogP contribution in [-0.4, -0.2) is 35.6 Å². The zero-order valence-corrected chi connectivity index (χ0v) is 21.0. The third-order valence-corrected chi connectivity index (χ3v) is 6.52. The maximum Gasteiger partial charge on any atom is 0.416 e. The second kappa shape index (κ2) is 11.3. The Hall–Kier alpha value is -4.44. The summed E-state index contributed by atoms with van der Waals surface area (Å²) in [6, 6.07) is 14.2. The lowest BCUT2D eigenvalue weighted by Crippen LogP contribution is -2.52. The van der Waals surface area contributed by atoms with Crippen molar-refractivity contribution in [1.82, 2.24) is 4.90 Å². The molecule has 1 aliphatic rings. The van der Waals surface area contributed by atoms with Gasteiger partial charge in [-0.2, -0.15) is 23.7 Å². The molecule has 0 saturated heterocycles. The molecule has 2 aromatic carbocycles. The molecule has 1 aliphatic heterocycles. The van der Waals surface area contributed by atoms with Gasteiger partial charge in [0.1, 0.15) is 5.92 Å². The highest BCUT2D eigenvalue weighted by atomic mass is 19.4. The molecule has 2 amide bonds. The van der Waals surface area contributed by atoms with Crippen LogP contribution in [0.15, 0.2) is 59.8 Å². The van der Waals surface area contributed by atoms with E-state index in [9.17, 15) is 32.8 Å². The van der Waals surface area contributed by atoms with Crippen molar-refractivity contribution in [3.05, 3.63) is 76.5 Å². The summed E-state index contributed by atoms with van der Waals surface area (Å²) >= 11 is 0. The fourth-order valence-electron chi connectivity index (χ4n) is 4.75. The van der Waals surface area contributed by atoms with Crippen molar-refractivity contribution in [2.24, 2.45) is 5.92 Å². The molecule has 0 radical (unpaired) electrons. The summed E-state index contributed by atoms with van der Waals surface area (Å²) in [6.45, 7) is 4.62. The number of carbonyl (C=O) groups is 3. The molecule has 7 nitrogen and oxygen atoms in total. The van der Waals surface area contributed by atoms with Gasteiger partial charge in [0.15, 0.2) is 5.78 Å². The molecule has 0 bridgehead atoms. The number of ketones is 1. The monoisotopic (exact) mass is 522 g/mol. The fraction of sp³-hybridized carbons (Fsp3) is 0.321. The lowest BCUT2D eigenvalue weighted by atomic mass is 9.74. The number of rotatable bonds is 7. The van der Waals surface area contributed by atoms with E-state index in [0.29, 0.717) is 11.1 Å². The number of hydrogen-bond donors (Lipinski definition) is 0. The van der Waals surface area contributed by atoms with Gasteiger partial charge in [-0.15, -0.1) is 0 Å². The van der Waals surface area contributed by atoms with E-state index in [4.69, 9.17) is 5.26 Å². The molecule has 196 valence electrons. The highest BCUT2D eigenvalue weighted by Gasteiger charge is 2.48. The van der Waals surface area contributed by atoms with Crippen LogP contribution >= 0.6 is 0 Å². The van der Waals surface area contributed by atoms with E-state index >= 15 is 0 Å². The Morgan fingerprint density at radius 3 is 2.29 bits per heavy atom. The van der Waals surface area contributed by atoms with Crippen LogP contribution in [0.1, 0.15) is 49.8 Å². The average Bonchev–Trinajstić information content (AvgIpc) is 2.88. The van der Waals surface area contributed by atoms with Gasteiger partial charge in [-0.3, -0.25) is 19.3 Å². The number of nitrogens with zero attached hydrogens (tertiary/aromatic N) is 4. The minimum absolute atomic E-state index is 0.00774. The summed E-state index contributed by atoms with van der Waals surface area (Å²) < 4.78 is 40.4. The Balaban J connectivity index is 2.29. The summed E-state index contributed by atoms with van der Waals surface area (Å²) in [7, 11) is 0. The minimum Gasteiger partial charge on any atom is -0.341 e. The Morgan fingerprint density at radius 2 is 1.76 bits per heavy atom. The van der Waals surface area contributed by atoms with Crippen molar-refractivity contribution in [3.63, 3.8) is 0 Å². The highest BCUT2D eigenvalue weighted by Crippen LogP contribution is 2.44. The first-order valence-electron chi connectivity index (χ1n) is 11.8. The van der Waals surface area contributed by atoms with E-state index in [2.05, 4.69) is 0 Å². The summed E-state index contributed by atoms with van der Waals surface area (Å²) in [4.78, 5) is 43.2. The average molecular weight is 523 g/mol. The van der Waals surface area contributed by atoms with Crippen LogP contribution in [0.5, 0.6) is 0 Å². The molecule has 2 aromatic rings. The largest absolute Gasteiger partial charge is 0.416 e. The number of halogens is 3. The third-order valence-electron chi connectivity index (χ3n) is 6.52. The molecule has 0 aliphatic carbocycles. The van der Waals surface area contributed by atoms with Gasteiger partial charge in [-0.25, -0.2) is 0 Å². The normalized spacial score (nSPS) is 17.6. The highest BCUT2D eigenvalue weighted by molar-refractivity contribution is 6.15. The van der Waals surface area contributed by atoms with Crippen molar-refractivity contribution >= 4 is 23.3 Å². The van der Waals surface area contributed by atoms with E-state index in [0.717, 1.165) is 23.1 Å². The van der Waals surface area contributed by atoms with Crippen LogP contribution in [0.3, 0.4) is 0 Å². The number of allylic oxidation sites excluding steroid dienone is 2. The Bertz CT molecular complexity index is 1370. The maximum atomic E-state index is 14.0. The number of alkyl halides is 3. The molecule has 3 rings (SSSR count). The van der Waals surface area contributed by atoms with Gasteiger partial charge >= 0.3 is 6.18 Å². The van der Waals surface area contributed by atoms with Gasteiger partial charge in [0.25, 0.3) is 0 Å². The third kappa shape index (κ3) is 5.45. The van der Waals surface area contributed by atoms with Gasteiger partial charge < -0.3 is 4.90 Å². The van der Waals surface area contributed by atoms with Crippen molar-refractivity contribution < 1.29 is 27.6 Å². The molecule has 0 spiro atoms. The zero-order valence-electron chi connectivity index (χ0n) is 21.0. The smallest absolute Gasteiger partial charge is 0.341 e. The number of benzene rings is 2. The zero-order chi connectivity index (χ0) is 28.2. The summed E-state index contributed by atoms with van der Waals surface area (Å²) in [5.41, 5.74) is -0.140. The van der Waals surface area contributed by atoms with Gasteiger partial charge in [-0.1, -0.05) is 18.2 Å². The van der Waals surface area contributed by atoms with Crippen molar-refractivity contribution in [2.75, 3.05) is 18.0 Å². The molecule has 0 N–H and O–H groups in total. The molecular weight excluding hydrogens is 497 g/mol. The van der Waals surface area contributed by atoms with Crippen LogP contribution in [0.25, 0.3) is 0 Å². The van der Waals surface area contributed by atoms with Crippen molar-refractivity contribution in [1.29, 1.82) is 10.5 Å². The van der Waals surface area contributed by atoms with Gasteiger partial charge in [0, 0.05) is 36.0 Å². The molecule has 38 heavy (non-hydrogen) atoms. The maximum absolute atomic E-state index is 14.0. The number of Topliss-reactive ketones (excluding diaryl/α,β-unsaturated/α-hetero) is 1. The molecule has 2 atom stereocenters. The predicted molar refractivity (Wildman–Crippen MR) is 132 cm³/mol. The quantitative estimate of drug-likeness (QED) is 0.479. The summed E-state index contributed by atoms with van der Waals surface area (Å²) in [5.74, 6) is -4.43. The topological polar surface area (TPSA) is 105 Å². The van der Waals surface area contributed by atoms with Crippen molar-refractivity contribution in [2.45, 2.75) is 39.3 Å². The number of carbonyl (C=O) groups excluding carboxylic acids is 3. The van der Waals surface area contributed by atoms with Crippen LogP contribution in [0.4, 0.5) is 18.9 Å². The SMILES string of the molecule is CCN(CCC#N)C(=O)C1C(=O)N(c2cccc(C(F)(F)F)c2)C(C)=C(C(C)=O)C1c1ccc(C#N)cc1. The Morgan fingerprint density at radius 1 is 1.11 bits per heavy atom. The van der Waals surface area contributed by atoms with Crippen LogP contribution in [0, 0.1) is 28.6 Å². The van der Waals surface area contributed by atoms with E-state index in [1.807, 2.05) is 12.1 Å². The van der Waals surface area contributed by atoms with Gasteiger partial charge in [0.2, 0.25) is 11.8 Å². The minimum atomic E-state index is -4.67. The van der Waals surface area contributed by atoms with Crippen molar-refractivity contribution in [3.8, 4) is 12.1 Å². The number of hydrogen-bond acceptors (Lipinski definition) is 5. The molecule has 10 heteroatoms. The molecular formula is C28H25F3N4O3. The van der Waals surface area contributed by atoms with E-state index in [-0.39, 0.29) is 36.5 Å². The molecule has 2 unspecified atom stereocenters. The van der Waals surface area contributed by atoms with Crippen LogP contribution < -0.4 is 4.90 Å². The molecule has 0 saturated carbocycles. The second-order valence-corrected chi connectivity index (χ2v) is 8.79. The first kappa shape index (κ1) is 28.1. The van der Waals surface area contributed by atoms with E-state index in [1.54, 1.807) is 19.1 Å². The number of nitriles is 2. The molecule has 0 aromatic heterocycles. The predicted octanol–water partition coefficient (Wildman–Crippen LogP) is 4.95. The first-order valence-corrected chi connectivity index (χ1v) is 11.8. The van der Waals surface area contributed by atoms with E-state index in [1.165, 1.54) is 36.9 Å². The fourth-order valence-corrected chi connectivity index (χ4v) is 4.75. The lowest BCUT2D eigenvalue weighted by molar-refractivity contribution is -0.142. The molecule has 1 heterocycles. The van der Waals surface area contributed by atoms with E-state index < -0.39 is 41.2 Å². The van der Waals surface area contributed by atoms with Gasteiger partial charge in [0.05, 0.1) is 29.7 Å². The van der Waals surface area contributed by atoms with Gasteiger partial charge in [-0.05, 0) is 56.7 Å².